The molecule has 0 radical (unpaired) electrons. The molecule has 1 aromatic carbocycles. The van der Waals surface area contributed by atoms with Crippen LogP contribution in [0.2, 0.25) is 5.02 Å². The van der Waals surface area contributed by atoms with Gasteiger partial charge in [-0.2, -0.15) is 0 Å². The average molecular weight is 314 g/mol. The molecule has 0 bridgehead atoms. The van der Waals surface area contributed by atoms with E-state index in [1.807, 2.05) is 0 Å². The standard InChI is InChI=1S/C9H9Cl2NO5S/c10-7-2-3-8(12(13)14)9(6-7)17-4-1-5-18(11,15)16/h2-3,6H,1,4-5H2. The van der Waals surface area contributed by atoms with Gasteiger partial charge in [0.05, 0.1) is 17.3 Å². The first-order valence-electron chi connectivity index (χ1n) is 4.78. The van der Waals surface area contributed by atoms with E-state index in [4.69, 9.17) is 27.0 Å². The molecule has 6 nitrogen and oxygen atoms in total. The zero-order valence-corrected chi connectivity index (χ0v) is 11.3. The summed E-state index contributed by atoms with van der Waals surface area (Å²) in [6, 6.07) is 3.89. The summed E-state index contributed by atoms with van der Waals surface area (Å²) in [5.74, 6) is -0.261. The van der Waals surface area contributed by atoms with Crippen molar-refractivity contribution in [3.8, 4) is 5.75 Å². The van der Waals surface area contributed by atoms with Gasteiger partial charge in [0, 0.05) is 27.8 Å². The van der Waals surface area contributed by atoms with Crippen molar-refractivity contribution in [2.24, 2.45) is 0 Å². The van der Waals surface area contributed by atoms with Gasteiger partial charge in [0.1, 0.15) is 0 Å². The number of nitro groups is 1. The first-order chi connectivity index (χ1) is 8.29. The van der Waals surface area contributed by atoms with Gasteiger partial charge < -0.3 is 4.74 Å². The minimum Gasteiger partial charge on any atom is -0.487 e. The van der Waals surface area contributed by atoms with Crippen LogP contribution in [0, 0.1) is 10.1 Å². The summed E-state index contributed by atoms with van der Waals surface area (Å²) in [4.78, 5) is 10.1. The van der Waals surface area contributed by atoms with Crippen LogP contribution in [0.5, 0.6) is 5.75 Å². The van der Waals surface area contributed by atoms with Crippen LogP contribution in [0.4, 0.5) is 5.69 Å². The van der Waals surface area contributed by atoms with Crippen LogP contribution in [-0.2, 0) is 9.05 Å². The molecule has 100 valence electrons. The maximum atomic E-state index is 10.7. The Morgan fingerprint density at radius 1 is 1.39 bits per heavy atom. The maximum Gasteiger partial charge on any atom is 0.311 e. The van der Waals surface area contributed by atoms with Crippen LogP contribution in [0.3, 0.4) is 0 Å². The molecule has 0 aromatic heterocycles. The lowest BCUT2D eigenvalue weighted by Crippen LogP contribution is -2.06. The van der Waals surface area contributed by atoms with E-state index >= 15 is 0 Å². The van der Waals surface area contributed by atoms with Gasteiger partial charge >= 0.3 is 5.69 Å². The Labute approximate surface area is 113 Å². The molecule has 0 aliphatic heterocycles. The number of nitro benzene ring substituents is 1. The molecule has 0 aliphatic rings. The lowest BCUT2D eigenvalue weighted by atomic mass is 10.3. The lowest BCUT2D eigenvalue weighted by Gasteiger charge is -2.06. The van der Waals surface area contributed by atoms with Crippen LogP contribution in [0.25, 0.3) is 0 Å². The van der Waals surface area contributed by atoms with Crippen LogP contribution in [0.1, 0.15) is 6.42 Å². The predicted octanol–water partition coefficient (Wildman–Crippen LogP) is 2.59. The van der Waals surface area contributed by atoms with Crippen molar-refractivity contribution in [3.05, 3.63) is 33.3 Å². The summed E-state index contributed by atoms with van der Waals surface area (Å²) in [6.45, 7) is -0.00681. The van der Waals surface area contributed by atoms with Gasteiger partial charge in [0.15, 0.2) is 5.75 Å². The second kappa shape index (κ2) is 6.21. The van der Waals surface area contributed by atoms with E-state index in [1.165, 1.54) is 18.2 Å². The van der Waals surface area contributed by atoms with Crippen LogP contribution < -0.4 is 4.74 Å². The predicted molar refractivity (Wildman–Crippen MR) is 67.9 cm³/mol. The van der Waals surface area contributed by atoms with Crippen molar-refractivity contribution in [1.29, 1.82) is 0 Å². The van der Waals surface area contributed by atoms with Crippen LogP contribution in [-0.4, -0.2) is 25.7 Å². The highest BCUT2D eigenvalue weighted by Gasteiger charge is 2.15. The highest BCUT2D eigenvalue weighted by Crippen LogP contribution is 2.29. The highest BCUT2D eigenvalue weighted by atomic mass is 35.7. The summed E-state index contributed by atoms with van der Waals surface area (Å²) < 4.78 is 26.4. The molecule has 0 atom stereocenters. The number of halogens is 2. The maximum absolute atomic E-state index is 10.7. The molecular formula is C9H9Cl2NO5S. The molecule has 0 fully saturated rings. The summed E-state index contributed by atoms with van der Waals surface area (Å²) in [7, 11) is 1.43. The van der Waals surface area contributed by atoms with Gasteiger partial charge in [0.2, 0.25) is 9.05 Å². The van der Waals surface area contributed by atoms with Crippen molar-refractivity contribution >= 4 is 37.0 Å². The van der Waals surface area contributed by atoms with Gasteiger partial charge in [0.25, 0.3) is 0 Å². The van der Waals surface area contributed by atoms with E-state index in [-0.39, 0.29) is 30.2 Å². The Balaban J connectivity index is 2.66. The highest BCUT2D eigenvalue weighted by molar-refractivity contribution is 8.13. The van der Waals surface area contributed by atoms with E-state index in [1.54, 1.807) is 0 Å². The topological polar surface area (TPSA) is 86.5 Å². The van der Waals surface area contributed by atoms with Crippen molar-refractivity contribution in [1.82, 2.24) is 0 Å². The van der Waals surface area contributed by atoms with Crippen molar-refractivity contribution in [3.63, 3.8) is 0 Å². The van der Waals surface area contributed by atoms with Gasteiger partial charge in [-0.15, -0.1) is 0 Å². The van der Waals surface area contributed by atoms with Crippen molar-refractivity contribution < 1.29 is 18.1 Å². The Hall–Kier alpha value is -1.05. The van der Waals surface area contributed by atoms with Crippen LogP contribution >= 0.6 is 22.3 Å². The molecule has 0 amide bonds. The number of hydrogen-bond donors (Lipinski definition) is 0. The Morgan fingerprint density at radius 2 is 2.06 bits per heavy atom. The minimum absolute atomic E-state index is 0.000490. The summed E-state index contributed by atoms with van der Waals surface area (Å²) >= 11 is 5.69. The molecule has 0 N–H and O–H groups in total. The SMILES string of the molecule is O=[N+]([O-])c1ccc(Cl)cc1OCCCS(=O)(=O)Cl. The fourth-order valence-electron chi connectivity index (χ4n) is 1.17. The number of nitrogens with zero attached hydrogens (tertiary/aromatic N) is 1. The molecule has 9 heteroatoms. The van der Waals surface area contributed by atoms with E-state index in [0.29, 0.717) is 5.02 Å². The molecule has 0 saturated carbocycles. The molecular weight excluding hydrogens is 305 g/mol. The summed E-state index contributed by atoms with van der Waals surface area (Å²) in [6.07, 6.45) is 0.134. The van der Waals surface area contributed by atoms with E-state index in [0.717, 1.165) is 0 Å². The third-order valence-corrected chi connectivity index (χ3v) is 3.38. The molecule has 1 aromatic rings. The Bertz CT molecular complexity index is 546. The quantitative estimate of drug-likeness (QED) is 0.348. The fraction of sp³-hybridized carbons (Fsp3) is 0.333. The largest absolute Gasteiger partial charge is 0.487 e. The smallest absolute Gasteiger partial charge is 0.311 e. The second-order valence-corrected chi connectivity index (χ2v) is 6.65. The zero-order valence-electron chi connectivity index (χ0n) is 9.01. The normalized spacial score (nSPS) is 11.2. The number of ether oxygens (including phenoxy) is 1. The van der Waals surface area contributed by atoms with Gasteiger partial charge in [-0.05, 0) is 12.5 Å². The molecule has 0 spiro atoms. The number of hydrogen-bond acceptors (Lipinski definition) is 5. The van der Waals surface area contributed by atoms with Gasteiger partial charge in [-0.3, -0.25) is 10.1 Å². The molecule has 0 saturated heterocycles. The van der Waals surface area contributed by atoms with E-state index < -0.39 is 14.0 Å². The van der Waals surface area contributed by atoms with E-state index in [9.17, 15) is 18.5 Å². The Morgan fingerprint density at radius 3 is 2.61 bits per heavy atom. The third-order valence-electron chi connectivity index (χ3n) is 1.91. The van der Waals surface area contributed by atoms with Crippen molar-refractivity contribution in [2.75, 3.05) is 12.4 Å². The Kier molecular flexibility index (Phi) is 5.18. The fourth-order valence-corrected chi connectivity index (χ4v) is 2.12. The second-order valence-electron chi connectivity index (χ2n) is 3.31. The summed E-state index contributed by atoms with van der Waals surface area (Å²) in [5.41, 5.74) is -0.229. The lowest BCUT2D eigenvalue weighted by molar-refractivity contribution is -0.385. The molecule has 0 unspecified atom stereocenters. The molecule has 1 rings (SSSR count). The first kappa shape index (κ1) is 15.0. The van der Waals surface area contributed by atoms with Crippen LogP contribution in [0.15, 0.2) is 18.2 Å². The average Bonchev–Trinajstić information content (AvgIpc) is 2.22. The number of rotatable bonds is 6. The monoisotopic (exact) mass is 313 g/mol. The van der Waals surface area contributed by atoms with Gasteiger partial charge in [-0.1, -0.05) is 11.6 Å². The third kappa shape index (κ3) is 5.07. The van der Waals surface area contributed by atoms with Crippen molar-refractivity contribution in [2.45, 2.75) is 6.42 Å². The molecule has 0 aliphatic carbocycles. The molecule has 0 heterocycles. The first-order valence-corrected chi connectivity index (χ1v) is 7.64. The van der Waals surface area contributed by atoms with E-state index in [2.05, 4.69) is 0 Å². The summed E-state index contributed by atoms with van der Waals surface area (Å²) in [5, 5.41) is 11.0. The van der Waals surface area contributed by atoms with Gasteiger partial charge in [-0.25, -0.2) is 8.42 Å². The minimum atomic E-state index is -3.58. The number of benzene rings is 1. The zero-order chi connectivity index (χ0) is 13.8. The molecule has 18 heavy (non-hydrogen) atoms.